The smallest absolute Gasteiger partial charge is 0.0819 e. The van der Waals surface area contributed by atoms with Crippen LogP contribution in [0.4, 0.5) is 5.69 Å². The zero-order valence-electron chi connectivity index (χ0n) is 14.4. The van der Waals surface area contributed by atoms with E-state index < -0.39 is 16.9 Å². The summed E-state index contributed by atoms with van der Waals surface area (Å²) in [6.07, 6.45) is 2.33. The number of hydrogen-bond acceptors (Lipinski definition) is 1. The molecular weight excluding hydrogens is 274 g/mol. The molecule has 3 heteroatoms. The van der Waals surface area contributed by atoms with Crippen molar-refractivity contribution in [3.8, 4) is 0 Å². The molecule has 0 saturated heterocycles. The van der Waals surface area contributed by atoms with Gasteiger partial charge in [0.2, 0.25) is 0 Å². The van der Waals surface area contributed by atoms with Gasteiger partial charge in [-0.1, -0.05) is 56.6 Å². The first-order chi connectivity index (χ1) is 9.02. The Bertz CT molecular complexity index is 465. The Kier molecular flexibility index (Phi) is 5.44. The van der Waals surface area contributed by atoms with Gasteiger partial charge in [-0.15, -0.1) is 0 Å². The maximum atomic E-state index is 2.46. The van der Waals surface area contributed by atoms with E-state index in [1.807, 2.05) is 0 Å². The van der Waals surface area contributed by atoms with E-state index in [-0.39, 0.29) is 5.54 Å². The van der Waals surface area contributed by atoms with Crippen molar-refractivity contribution in [3.05, 3.63) is 36.2 Å². The molecule has 0 amide bonds. The van der Waals surface area contributed by atoms with Gasteiger partial charge < -0.3 is 4.90 Å². The van der Waals surface area contributed by atoms with E-state index in [0.29, 0.717) is 0 Å². The lowest BCUT2D eigenvalue weighted by molar-refractivity contribution is 0.556. The van der Waals surface area contributed by atoms with Gasteiger partial charge in [0.1, 0.15) is 0 Å². The molecule has 0 N–H and O–H groups in total. The molecule has 0 unspecified atom stereocenters. The molecule has 0 aliphatic heterocycles. The summed E-state index contributed by atoms with van der Waals surface area (Å²) < 4.78 is 0. The molecule has 111 valence electrons. The lowest BCUT2D eigenvalue weighted by Crippen LogP contribution is -2.42. The van der Waals surface area contributed by atoms with E-state index in [1.165, 1.54) is 10.9 Å². The van der Waals surface area contributed by atoms with E-state index >= 15 is 0 Å². The van der Waals surface area contributed by atoms with Gasteiger partial charge in [0, 0.05) is 11.2 Å². The minimum atomic E-state index is -1.19. The topological polar surface area (TPSA) is 3.24 Å². The fourth-order valence-corrected chi connectivity index (χ4v) is 3.81. The summed E-state index contributed by atoms with van der Waals surface area (Å²) >= 11 is 0. The minimum Gasteiger partial charge on any atom is -0.344 e. The van der Waals surface area contributed by atoms with Gasteiger partial charge in [0.15, 0.2) is 0 Å². The molecule has 0 atom stereocenters. The third kappa shape index (κ3) is 4.95. The van der Waals surface area contributed by atoms with Gasteiger partial charge in [-0.05, 0) is 38.2 Å². The maximum absolute atomic E-state index is 2.46. The van der Waals surface area contributed by atoms with Crippen LogP contribution >= 0.6 is 0 Å². The van der Waals surface area contributed by atoms with Crippen molar-refractivity contribution in [2.45, 2.75) is 59.0 Å². The first-order valence-corrected chi connectivity index (χ1v) is 13.5. The normalized spacial score (nSPS) is 13.2. The van der Waals surface area contributed by atoms with Gasteiger partial charge in [-0.2, -0.15) is 0 Å². The molecule has 0 heterocycles. The van der Waals surface area contributed by atoms with E-state index in [0.717, 1.165) is 0 Å². The molecule has 0 aliphatic rings. The van der Waals surface area contributed by atoms with Crippen molar-refractivity contribution >= 4 is 27.7 Å². The van der Waals surface area contributed by atoms with Gasteiger partial charge >= 0.3 is 0 Å². The Labute approximate surface area is 128 Å². The van der Waals surface area contributed by atoms with Crippen LogP contribution in [0.25, 0.3) is 0 Å². The molecule has 0 aromatic heterocycles. The van der Waals surface area contributed by atoms with Crippen molar-refractivity contribution in [3.63, 3.8) is 0 Å². The van der Waals surface area contributed by atoms with Gasteiger partial charge in [-0.25, -0.2) is 0 Å². The SMILES string of the molecule is C[Si](C)c1ccccc1N(C=C[Si](C)(C)C)C(C)(C)C. The molecule has 0 fully saturated rings. The summed E-state index contributed by atoms with van der Waals surface area (Å²) in [5.74, 6) is 0. The monoisotopic (exact) mass is 304 g/mol. The van der Waals surface area contributed by atoms with Crippen molar-refractivity contribution in [2.75, 3.05) is 4.90 Å². The van der Waals surface area contributed by atoms with Crippen molar-refractivity contribution < 1.29 is 0 Å². The van der Waals surface area contributed by atoms with E-state index in [2.05, 4.69) is 94.6 Å². The second kappa shape index (κ2) is 6.31. The van der Waals surface area contributed by atoms with Crippen molar-refractivity contribution in [2.24, 2.45) is 0 Å². The quantitative estimate of drug-likeness (QED) is 0.732. The zero-order valence-corrected chi connectivity index (χ0v) is 16.4. The molecule has 1 rings (SSSR count). The molecule has 1 aromatic rings. The fraction of sp³-hybridized carbons (Fsp3) is 0.529. The summed E-state index contributed by atoms with van der Waals surface area (Å²) in [5, 5.41) is 1.52. The lowest BCUT2D eigenvalue weighted by Gasteiger charge is -2.37. The van der Waals surface area contributed by atoms with E-state index in [4.69, 9.17) is 0 Å². The maximum Gasteiger partial charge on any atom is 0.0819 e. The molecule has 1 nitrogen and oxygen atoms in total. The molecule has 1 radical (unpaired) electrons. The fourth-order valence-electron chi connectivity index (χ4n) is 2.07. The first-order valence-electron chi connectivity index (χ1n) is 7.40. The van der Waals surface area contributed by atoms with Crippen molar-refractivity contribution in [1.29, 1.82) is 0 Å². The molecule has 0 aliphatic carbocycles. The molecule has 0 saturated carbocycles. The minimum absolute atomic E-state index is 0.101. The van der Waals surface area contributed by atoms with Crippen molar-refractivity contribution in [1.82, 2.24) is 0 Å². The highest BCUT2D eigenvalue weighted by Crippen LogP contribution is 2.24. The second-order valence-corrected chi connectivity index (χ2v) is 15.3. The first kappa shape index (κ1) is 17.2. The Morgan fingerprint density at radius 3 is 2.05 bits per heavy atom. The predicted molar refractivity (Wildman–Crippen MR) is 98.3 cm³/mol. The molecule has 0 bridgehead atoms. The van der Waals surface area contributed by atoms with Crippen LogP contribution in [-0.4, -0.2) is 22.4 Å². The zero-order chi connectivity index (χ0) is 15.6. The van der Waals surface area contributed by atoms with Crippen LogP contribution in [0.1, 0.15) is 20.8 Å². The second-order valence-electron chi connectivity index (χ2n) is 7.74. The molecule has 1 aromatic carbocycles. The summed E-state index contributed by atoms with van der Waals surface area (Å²) in [7, 11) is -1.65. The third-order valence-corrected chi connectivity index (χ3v) is 5.80. The molecular formula is C17H30NSi2. The number of benzene rings is 1. The Morgan fingerprint density at radius 1 is 1.05 bits per heavy atom. The number of hydrogen-bond donors (Lipinski definition) is 0. The molecule has 20 heavy (non-hydrogen) atoms. The van der Waals surface area contributed by atoms with Crippen LogP contribution in [0, 0.1) is 0 Å². The average molecular weight is 305 g/mol. The van der Waals surface area contributed by atoms with Crippen LogP contribution in [0.5, 0.6) is 0 Å². The molecule has 0 spiro atoms. The Balaban J connectivity index is 3.30. The Hall–Kier alpha value is -0.806. The highest BCUT2D eigenvalue weighted by atomic mass is 28.3. The summed E-state index contributed by atoms with van der Waals surface area (Å²) in [6.45, 7) is 18.7. The predicted octanol–water partition coefficient (Wildman–Crippen LogP) is 4.64. The van der Waals surface area contributed by atoms with Crippen LogP contribution in [-0.2, 0) is 0 Å². The third-order valence-electron chi connectivity index (χ3n) is 3.15. The summed E-state index contributed by atoms with van der Waals surface area (Å²) in [4.78, 5) is 2.46. The van der Waals surface area contributed by atoms with Gasteiger partial charge in [0.25, 0.3) is 0 Å². The highest BCUT2D eigenvalue weighted by molar-refractivity contribution is 6.81. The largest absolute Gasteiger partial charge is 0.344 e. The number of nitrogens with zero attached hydrogens (tertiary/aromatic N) is 1. The van der Waals surface area contributed by atoms with Crippen LogP contribution in [0.3, 0.4) is 0 Å². The van der Waals surface area contributed by atoms with Crippen LogP contribution < -0.4 is 10.1 Å². The van der Waals surface area contributed by atoms with Crippen LogP contribution in [0.2, 0.25) is 32.7 Å². The summed E-state index contributed by atoms with van der Waals surface area (Å²) in [5.41, 5.74) is 3.92. The number of para-hydroxylation sites is 1. The van der Waals surface area contributed by atoms with Gasteiger partial charge in [-0.3, -0.25) is 0 Å². The number of rotatable bonds is 4. The highest BCUT2D eigenvalue weighted by Gasteiger charge is 2.23. The van der Waals surface area contributed by atoms with Gasteiger partial charge in [0.05, 0.1) is 16.9 Å². The average Bonchev–Trinajstić information content (AvgIpc) is 2.26. The Morgan fingerprint density at radius 2 is 1.60 bits per heavy atom. The standard InChI is InChI=1S/C17H30NSi2/c1-17(2,3)18(13-14-20(6,7)8)15-11-9-10-12-16(15)19(4)5/h9-14H,1-8H3. The summed E-state index contributed by atoms with van der Waals surface area (Å²) in [6, 6.07) is 8.89. The van der Waals surface area contributed by atoms with Crippen LogP contribution in [0.15, 0.2) is 36.2 Å². The van der Waals surface area contributed by atoms with E-state index in [1.54, 1.807) is 0 Å². The lowest BCUT2D eigenvalue weighted by atomic mass is 10.1. The van der Waals surface area contributed by atoms with E-state index in [9.17, 15) is 0 Å². The number of anilines is 1.